The number of hydrogen-bond acceptors (Lipinski definition) is 2. The molecule has 0 saturated heterocycles. The maximum Gasteiger partial charge on any atom is 0.227 e. The smallest absolute Gasteiger partial charge is 0.227 e. The van der Waals surface area contributed by atoms with Crippen LogP contribution >= 0.6 is 0 Å². The second-order valence-corrected chi connectivity index (χ2v) is 6.32. The topological polar surface area (TPSA) is 26.0 Å². The van der Waals surface area contributed by atoms with E-state index >= 15 is 0 Å². The molecule has 2 nitrogen and oxygen atoms in total. The van der Waals surface area contributed by atoms with Gasteiger partial charge in [0.1, 0.15) is 13.4 Å². The summed E-state index contributed by atoms with van der Waals surface area (Å²) in [5.74, 6) is 0.686. The van der Waals surface area contributed by atoms with Gasteiger partial charge in [0.05, 0.1) is 0 Å². The first-order valence-electron chi connectivity index (χ1n) is 6.91. The van der Waals surface area contributed by atoms with Gasteiger partial charge in [-0.25, -0.2) is 4.98 Å². The first-order chi connectivity index (χ1) is 9.43. The molecule has 0 aliphatic rings. The van der Waals surface area contributed by atoms with Crippen molar-refractivity contribution >= 4 is 24.4 Å². The van der Waals surface area contributed by atoms with Gasteiger partial charge in [0, 0.05) is 5.56 Å². The van der Waals surface area contributed by atoms with Gasteiger partial charge in [0.2, 0.25) is 5.89 Å². The Labute approximate surface area is 120 Å². The number of benzene rings is 2. The van der Waals surface area contributed by atoms with Crippen molar-refractivity contribution in [3.8, 4) is 11.5 Å². The average molecular weight is 263 g/mol. The first-order valence-corrected chi connectivity index (χ1v) is 6.91. The molecule has 0 bridgehead atoms. The van der Waals surface area contributed by atoms with Crippen molar-refractivity contribution in [2.75, 3.05) is 0 Å². The molecule has 0 spiro atoms. The zero-order valence-corrected chi connectivity index (χ0v) is 12.4. The number of aromatic nitrogens is 1. The van der Waals surface area contributed by atoms with E-state index < -0.39 is 0 Å². The van der Waals surface area contributed by atoms with Gasteiger partial charge in [-0.3, -0.25) is 0 Å². The molecule has 0 fully saturated rings. The number of oxazole rings is 1. The fourth-order valence-corrected chi connectivity index (χ4v) is 2.21. The van der Waals surface area contributed by atoms with Crippen LogP contribution in [0.15, 0.2) is 46.9 Å². The van der Waals surface area contributed by atoms with Gasteiger partial charge in [-0.15, -0.1) is 0 Å². The van der Waals surface area contributed by atoms with E-state index in [1.807, 2.05) is 18.2 Å². The highest BCUT2D eigenvalue weighted by molar-refractivity contribution is 6.32. The fraction of sp³-hybridized carbons (Fsp3) is 0.235. The van der Waals surface area contributed by atoms with E-state index in [1.54, 1.807) is 0 Å². The van der Waals surface area contributed by atoms with Crippen LogP contribution in [0.25, 0.3) is 22.6 Å². The first kappa shape index (κ1) is 13.0. The van der Waals surface area contributed by atoms with Gasteiger partial charge in [-0.05, 0) is 23.1 Å². The Kier molecular flexibility index (Phi) is 2.93. The minimum atomic E-state index is 0.122. The van der Waals surface area contributed by atoms with Gasteiger partial charge >= 0.3 is 0 Å². The molecule has 2 aromatic carbocycles. The van der Waals surface area contributed by atoms with E-state index in [0.29, 0.717) is 5.89 Å². The van der Waals surface area contributed by atoms with Crippen LogP contribution in [0, 0.1) is 0 Å². The van der Waals surface area contributed by atoms with Crippen molar-refractivity contribution in [1.29, 1.82) is 0 Å². The minimum absolute atomic E-state index is 0.122. The SMILES string of the molecule is Bc1ccc(-c2nc3cc(C(C)(C)C)ccc3o2)cc1. The molecule has 0 atom stereocenters. The minimum Gasteiger partial charge on any atom is -0.436 e. The molecule has 20 heavy (non-hydrogen) atoms. The van der Waals surface area contributed by atoms with Gasteiger partial charge in [0.25, 0.3) is 0 Å². The fourth-order valence-electron chi connectivity index (χ4n) is 2.21. The summed E-state index contributed by atoms with van der Waals surface area (Å²) in [6.07, 6.45) is 0. The lowest BCUT2D eigenvalue weighted by molar-refractivity contribution is 0.590. The third-order valence-electron chi connectivity index (χ3n) is 3.55. The maximum absolute atomic E-state index is 5.85. The number of nitrogens with zero attached hydrogens (tertiary/aromatic N) is 1. The van der Waals surface area contributed by atoms with Gasteiger partial charge < -0.3 is 4.42 Å². The molecule has 0 saturated carbocycles. The summed E-state index contributed by atoms with van der Waals surface area (Å²) in [5, 5.41) is 0. The molecule has 0 aliphatic carbocycles. The van der Waals surface area contributed by atoms with Gasteiger partial charge in [0.15, 0.2) is 5.58 Å². The van der Waals surface area contributed by atoms with Crippen LogP contribution in [0.5, 0.6) is 0 Å². The Balaban J connectivity index is 2.09. The monoisotopic (exact) mass is 263 g/mol. The zero-order chi connectivity index (χ0) is 14.3. The van der Waals surface area contributed by atoms with E-state index in [1.165, 1.54) is 11.0 Å². The molecule has 0 aliphatic heterocycles. The average Bonchev–Trinajstić information content (AvgIpc) is 2.81. The zero-order valence-electron chi connectivity index (χ0n) is 12.4. The van der Waals surface area contributed by atoms with Crippen molar-refractivity contribution in [3.63, 3.8) is 0 Å². The van der Waals surface area contributed by atoms with E-state index in [-0.39, 0.29) is 5.41 Å². The van der Waals surface area contributed by atoms with Crippen LogP contribution in [0.1, 0.15) is 26.3 Å². The Bertz CT molecular complexity index is 751. The molecular weight excluding hydrogens is 245 g/mol. The highest BCUT2D eigenvalue weighted by Crippen LogP contribution is 2.28. The van der Waals surface area contributed by atoms with Crippen LogP contribution in [0.2, 0.25) is 0 Å². The lowest BCUT2D eigenvalue weighted by atomic mass is 9.87. The van der Waals surface area contributed by atoms with Crippen molar-refractivity contribution in [3.05, 3.63) is 48.0 Å². The summed E-state index contributed by atoms with van der Waals surface area (Å²) in [5.41, 5.74) is 5.41. The maximum atomic E-state index is 5.85. The summed E-state index contributed by atoms with van der Waals surface area (Å²) < 4.78 is 5.85. The van der Waals surface area contributed by atoms with Crippen LogP contribution in [-0.4, -0.2) is 12.8 Å². The van der Waals surface area contributed by atoms with E-state index in [9.17, 15) is 0 Å². The molecule has 3 aromatic rings. The van der Waals surface area contributed by atoms with Gasteiger partial charge in [-0.2, -0.15) is 0 Å². The second-order valence-electron chi connectivity index (χ2n) is 6.32. The Morgan fingerprint density at radius 2 is 1.70 bits per heavy atom. The molecular formula is C17H18BNO. The Morgan fingerprint density at radius 1 is 1.00 bits per heavy atom. The summed E-state index contributed by atoms with van der Waals surface area (Å²) in [6, 6.07) is 14.5. The molecule has 1 heterocycles. The molecule has 3 heteroatoms. The second kappa shape index (κ2) is 4.52. The van der Waals surface area contributed by atoms with E-state index in [2.05, 4.69) is 57.9 Å². The Morgan fingerprint density at radius 3 is 2.35 bits per heavy atom. The number of fused-ring (bicyclic) bond motifs is 1. The lowest BCUT2D eigenvalue weighted by Crippen LogP contribution is -2.10. The van der Waals surface area contributed by atoms with Crippen molar-refractivity contribution < 1.29 is 4.42 Å². The summed E-state index contributed by atoms with van der Waals surface area (Å²) in [6.45, 7) is 6.61. The predicted molar refractivity (Wildman–Crippen MR) is 86.3 cm³/mol. The van der Waals surface area contributed by atoms with Crippen molar-refractivity contribution in [2.24, 2.45) is 0 Å². The van der Waals surface area contributed by atoms with Crippen LogP contribution in [0.4, 0.5) is 0 Å². The van der Waals surface area contributed by atoms with Crippen LogP contribution in [0.3, 0.4) is 0 Å². The summed E-state index contributed by atoms with van der Waals surface area (Å²) in [4.78, 5) is 4.62. The lowest BCUT2D eigenvalue weighted by Gasteiger charge is -2.18. The summed E-state index contributed by atoms with van der Waals surface area (Å²) >= 11 is 0. The highest BCUT2D eigenvalue weighted by atomic mass is 16.3. The normalized spacial score (nSPS) is 11.9. The molecule has 0 radical (unpaired) electrons. The number of hydrogen-bond donors (Lipinski definition) is 0. The third-order valence-corrected chi connectivity index (χ3v) is 3.55. The number of rotatable bonds is 1. The third kappa shape index (κ3) is 2.36. The molecule has 1 aromatic heterocycles. The molecule has 0 N–H and O–H groups in total. The standard InChI is InChI=1S/C17H18BNO/c1-17(2,3)12-6-9-15-14(10-12)19-16(20-15)11-4-7-13(18)8-5-11/h4-10H,18H2,1-3H3. The molecule has 3 rings (SSSR count). The molecule has 0 unspecified atom stereocenters. The largest absolute Gasteiger partial charge is 0.436 e. The quantitative estimate of drug-likeness (QED) is 0.631. The van der Waals surface area contributed by atoms with Crippen molar-refractivity contribution in [1.82, 2.24) is 4.98 Å². The van der Waals surface area contributed by atoms with Crippen LogP contribution < -0.4 is 5.46 Å². The highest BCUT2D eigenvalue weighted by Gasteiger charge is 2.16. The molecule has 100 valence electrons. The van der Waals surface area contributed by atoms with Crippen LogP contribution in [-0.2, 0) is 5.41 Å². The molecule has 0 amide bonds. The summed E-state index contributed by atoms with van der Waals surface area (Å²) in [7, 11) is 2.07. The van der Waals surface area contributed by atoms with E-state index in [4.69, 9.17) is 4.42 Å². The van der Waals surface area contributed by atoms with E-state index in [0.717, 1.165) is 16.7 Å². The van der Waals surface area contributed by atoms with Crippen molar-refractivity contribution in [2.45, 2.75) is 26.2 Å². The predicted octanol–water partition coefficient (Wildman–Crippen LogP) is 3.05. The van der Waals surface area contributed by atoms with Gasteiger partial charge in [-0.1, -0.05) is 56.6 Å². The Hall–Kier alpha value is -2.03.